The van der Waals surface area contributed by atoms with Gasteiger partial charge in [-0.2, -0.15) is 0 Å². The van der Waals surface area contributed by atoms with Crippen molar-refractivity contribution in [3.05, 3.63) is 260 Å². The molecule has 0 amide bonds. The maximum Gasteiger partial charge on any atom is 0.260 e. The van der Waals surface area contributed by atoms with Crippen molar-refractivity contribution in [1.29, 1.82) is 0 Å². The number of nitrogens with zero attached hydrogens (tertiary/aromatic N) is 3. The predicted molar refractivity (Wildman–Crippen MR) is 348 cm³/mol. The van der Waals surface area contributed by atoms with Gasteiger partial charge in [0.1, 0.15) is 34.5 Å². The minimum Gasteiger partial charge on any atom is -0.458 e. The van der Waals surface area contributed by atoms with E-state index in [9.17, 15) is 0 Å². The lowest BCUT2D eigenvalue weighted by atomic mass is 9.34. The molecule has 0 N–H and O–H groups in total. The quantitative estimate of drug-likeness (QED) is 0.161. The van der Waals surface area contributed by atoms with E-state index in [-0.39, 0.29) is 18.8 Å². The molecule has 4 aliphatic heterocycles. The third kappa shape index (κ3) is 6.82. The standard InChI is InChI=1S/C76H51B2N3O3/c1-76(2,3)49-33-38-65(56(43-49)46-19-5-4-6-20-46)81-66-44-50(79-61-27-13-7-21-52(61)53-22-8-14-28-62(53)79)34-36-57(66)77-60-37-35-51(80-63-29-15-9-23-54(63)55-24-10-16-30-64(55)80)45-70(60)84-71-40-47(39-67(81)74(71)77)48-41-72-75-73(42-48)83-69-32-18-12-26-59(69)78(75)58-25-11-17-31-68(58)82-72/h4-45H,1-3H3. The Morgan fingerprint density at radius 3 is 1.33 bits per heavy atom. The monoisotopic (exact) mass is 1080 g/mol. The Bertz CT molecular complexity index is 4970. The van der Waals surface area contributed by atoms with E-state index in [4.69, 9.17) is 14.2 Å². The van der Waals surface area contributed by atoms with Crippen LogP contribution in [0, 0.1) is 0 Å². The molecular formula is C76H51B2N3O3. The first-order chi connectivity index (χ1) is 41.3. The summed E-state index contributed by atoms with van der Waals surface area (Å²) in [6.07, 6.45) is 0. The average Bonchev–Trinajstić information content (AvgIpc) is 0.991. The predicted octanol–water partition coefficient (Wildman–Crippen LogP) is 15.6. The van der Waals surface area contributed by atoms with Gasteiger partial charge in [0, 0.05) is 61.4 Å². The van der Waals surface area contributed by atoms with Gasteiger partial charge in [-0.1, -0.05) is 178 Å². The lowest BCUT2D eigenvalue weighted by molar-refractivity contribution is 0.465. The summed E-state index contributed by atoms with van der Waals surface area (Å²) < 4.78 is 26.4. The number of para-hydroxylation sites is 6. The summed E-state index contributed by atoms with van der Waals surface area (Å²) in [6.45, 7) is 6.66. The Morgan fingerprint density at radius 2 is 0.762 bits per heavy atom. The smallest absolute Gasteiger partial charge is 0.260 e. The largest absolute Gasteiger partial charge is 0.458 e. The van der Waals surface area contributed by atoms with Crippen LogP contribution in [-0.2, 0) is 5.41 Å². The summed E-state index contributed by atoms with van der Waals surface area (Å²) in [6, 6.07) is 93.0. The fourth-order valence-electron chi connectivity index (χ4n) is 14.4. The zero-order valence-electron chi connectivity index (χ0n) is 46.5. The van der Waals surface area contributed by atoms with Crippen LogP contribution in [0.15, 0.2) is 255 Å². The second-order valence-corrected chi connectivity index (χ2v) is 23.9. The molecule has 0 fully saturated rings. The van der Waals surface area contributed by atoms with Crippen molar-refractivity contribution in [2.24, 2.45) is 0 Å². The number of hydrogen-bond acceptors (Lipinski definition) is 4. The molecule has 2 aromatic heterocycles. The normalized spacial score (nSPS) is 13.4. The number of benzene rings is 12. The molecular weight excluding hydrogens is 1020 g/mol. The molecule has 6 nitrogen and oxygen atoms in total. The maximum atomic E-state index is 7.59. The SMILES string of the molecule is CC(C)(C)c1ccc(N2c3cc(-n4c5ccccc5c5ccccc54)ccc3B3c4ccc(-n5c6ccccc6c6ccccc65)cc4Oc4cc(-c5cc6c7c(c5)Oc5ccccc5B7c5ccccc5O6)cc2c43)c(-c2ccccc2)c1. The summed E-state index contributed by atoms with van der Waals surface area (Å²) in [5.74, 6) is 4.90. The lowest BCUT2D eigenvalue weighted by Gasteiger charge is -2.41. The maximum absolute atomic E-state index is 7.59. The number of rotatable bonds is 5. The molecule has 8 heteroatoms. The molecule has 6 heterocycles. The lowest BCUT2D eigenvalue weighted by Crippen LogP contribution is -2.59. The Labute approximate surface area is 487 Å². The highest BCUT2D eigenvalue weighted by molar-refractivity contribution is 6.99. The van der Waals surface area contributed by atoms with Gasteiger partial charge in [0.05, 0.1) is 27.8 Å². The van der Waals surface area contributed by atoms with Crippen LogP contribution in [-0.4, -0.2) is 22.6 Å². The van der Waals surface area contributed by atoms with Crippen molar-refractivity contribution in [2.45, 2.75) is 26.2 Å². The first-order valence-electron chi connectivity index (χ1n) is 29.1. The second kappa shape index (κ2) is 17.5. The molecule has 0 saturated carbocycles. The van der Waals surface area contributed by atoms with Crippen LogP contribution in [0.4, 0.5) is 17.1 Å². The second-order valence-electron chi connectivity index (χ2n) is 23.9. The van der Waals surface area contributed by atoms with Crippen LogP contribution in [0.25, 0.3) is 77.2 Å². The highest BCUT2D eigenvalue weighted by Gasteiger charge is 2.45. The molecule has 84 heavy (non-hydrogen) atoms. The Kier molecular flexibility index (Phi) is 9.86. The molecule has 12 aromatic carbocycles. The van der Waals surface area contributed by atoms with E-state index >= 15 is 0 Å². The molecule has 4 aliphatic rings. The first kappa shape index (κ1) is 47.2. The Hall–Kier alpha value is -10.4. The van der Waals surface area contributed by atoms with Gasteiger partial charge in [-0.15, -0.1) is 0 Å². The minimum absolute atomic E-state index is 0.0452. The fourth-order valence-corrected chi connectivity index (χ4v) is 14.4. The van der Waals surface area contributed by atoms with Crippen molar-refractivity contribution in [1.82, 2.24) is 9.13 Å². The zero-order valence-corrected chi connectivity index (χ0v) is 46.5. The van der Waals surface area contributed by atoms with Crippen molar-refractivity contribution < 1.29 is 14.2 Å². The van der Waals surface area contributed by atoms with Crippen molar-refractivity contribution in [2.75, 3.05) is 4.90 Å². The summed E-state index contributed by atoms with van der Waals surface area (Å²) in [7, 11) is 0. The van der Waals surface area contributed by atoms with Crippen LogP contribution in [0.3, 0.4) is 0 Å². The van der Waals surface area contributed by atoms with Gasteiger partial charge in [-0.3, -0.25) is 0 Å². The molecule has 0 bridgehead atoms. The van der Waals surface area contributed by atoms with Gasteiger partial charge in [0.15, 0.2) is 0 Å². The van der Waals surface area contributed by atoms with Crippen LogP contribution in [0.1, 0.15) is 26.3 Å². The van der Waals surface area contributed by atoms with Gasteiger partial charge in [0.25, 0.3) is 13.4 Å². The number of fused-ring (bicyclic) bond motifs is 14. The highest BCUT2D eigenvalue weighted by Crippen LogP contribution is 2.49. The summed E-state index contributed by atoms with van der Waals surface area (Å²) in [5, 5.41) is 4.87. The molecule has 18 rings (SSSR count). The van der Waals surface area contributed by atoms with E-state index in [0.29, 0.717) is 0 Å². The van der Waals surface area contributed by atoms with Crippen molar-refractivity contribution >= 4 is 107 Å². The topological polar surface area (TPSA) is 40.8 Å². The third-order valence-electron chi connectivity index (χ3n) is 18.2. The molecule has 394 valence electrons. The number of hydrogen-bond donors (Lipinski definition) is 0. The van der Waals surface area contributed by atoms with Crippen LogP contribution >= 0.6 is 0 Å². The number of ether oxygens (including phenoxy) is 3. The van der Waals surface area contributed by atoms with Gasteiger partial charge in [0.2, 0.25) is 0 Å². The molecule has 14 aromatic rings. The molecule has 0 atom stereocenters. The summed E-state index contributed by atoms with van der Waals surface area (Å²) in [4.78, 5) is 2.54. The van der Waals surface area contributed by atoms with Crippen molar-refractivity contribution in [3.63, 3.8) is 0 Å². The summed E-state index contributed by atoms with van der Waals surface area (Å²) >= 11 is 0. The van der Waals surface area contributed by atoms with E-state index in [0.717, 1.165) is 135 Å². The minimum atomic E-state index is -0.197. The van der Waals surface area contributed by atoms with Crippen LogP contribution in [0.2, 0.25) is 0 Å². The van der Waals surface area contributed by atoms with Crippen LogP contribution in [0.5, 0.6) is 34.5 Å². The van der Waals surface area contributed by atoms with E-state index in [2.05, 4.69) is 290 Å². The van der Waals surface area contributed by atoms with Gasteiger partial charge in [-0.05, 0) is 146 Å². The molecule has 0 aliphatic carbocycles. The Balaban J connectivity index is 0.926. The molecule has 0 saturated heterocycles. The fraction of sp³-hybridized carbons (Fsp3) is 0.0526. The summed E-state index contributed by atoms with van der Waals surface area (Å²) in [5.41, 5.74) is 22.0. The van der Waals surface area contributed by atoms with Gasteiger partial charge < -0.3 is 28.2 Å². The molecule has 0 spiro atoms. The Morgan fingerprint density at radius 1 is 0.310 bits per heavy atom. The highest BCUT2D eigenvalue weighted by atomic mass is 16.5. The van der Waals surface area contributed by atoms with Gasteiger partial charge >= 0.3 is 0 Å². The first-order valence-corrected chi connectivity index (χ1v) is 29.1. The van der Waals surface area contributed by atoms with E-state index < -0.39 is 0 Å². The van der Waals surface area contributed by atoms with E-state index in [1.807, 2.05) is 0 Å². The number of aromatic nitrogens is 2. The third-order valence-corrected chi connectivity index (χ3v) is 18.2. The van der Waals surface area contributed by atoms with E-state index in [1.54, 1.807) is 0 Å². The zero-order chi connectivity index (χ0) is 55.5. The van der Waals surface area contributed by atoms with Crippen molar-refractivity contribution in [3.8, 4) is 68.1 Å². The number of anilines is 3. The van der Waals surface area contributed by atoms with Crippen LogP contribution < -0.4 is 51.9 Å². The molecule has 0 unspecified atom stereocenters. The van der Waals surface area contributed by atoms with E-state index in [1.165, 1.54) is 32.6 Å². The molecule has 0 radical (unpaired) electrons. The average molecular weight is 1080 g/mol. The van der Waals surface area contributed by atoms with Gasteiger partial charge in [-0.25, -0.2) is 0 Å².